The zero-order chi connectivity index (χ0) is 31.6. The van der Waals surface area contributed by atoms with Crippen LogP contribution in [0.2, 0.25) is 0 Å². The van der Waals surface area contributed by atoms with Gasteiger partial charge in [-0.3, -0.25) is 0 Å². The van der Waals surface area contributed by atoms with Gasteiger partial charge in [-0.05, 0) is 42.7 Å². The van der Waals surface area contributed by atoms with E-state index in [0.717, 1.165) is 16.8 Å². The molecule has 5 rings (SSSR count). The van der Waals surface area contributed by atoms with Gasteiger partial charge in [0.05, 0.1) is 36.7 Å². The molecule has 2 aromatic carbocycles. The Bertz CT molecular complexity index is 1750. The third kappa shape index (κ3) is 6.38. The highest BCUT2D eigenvalue weighted by atomic mass is 19.4. The lowest BCUT2D eigenvalue weighted by Gasteiger charge is -2.17. The van der Waals surface area contributed by atoms with E-state index < -0.39 is 35.4 Å². The highest BCUT2D eigenvalue weighted by molar-refractivity contribution is 5.78. The summed E-state index contributed by atoms with van der Waals surface area (Å²) in [4.78, 5) is 21.8. The Labute approximate surface area is 248 Å². The van der Waals surface area contributed by atoms with Crippen LogP contribution in [0.4, 0.5) is 22.0 Å². The molecule has 2 aliphatic rings. The van der Waals surface area contributed by atoms with Gasteiger partial charge in [0.25, 0.3) is 0 Å². The molecule has 14 heteroatoms. The summed E-state index contributed by atoms with van der Waals surface area (Å²) < 4.78 is 87.6. The summed E-state index contributed by atoms with van der Waals surface area (Å²) in [6.07, 6.45) is -1.57. The van der Waals surface area contributed by atoms with E-state index in [2.05, 4.69) is 20.2 Å². The third-order valence-electron chi connectivity index (χ3n) is 6.37. The molecule has 9 nitrogen and oxygen atoms in total. The summed E-state index contributed by atoms with van der Waals surface area (Å²) in [5, 5.41) is 8.05. The van der Waals surface area contributed by atoms with Crippen molar-refractivity contribution in [1.82, 2.24) is 24.9 Å². The van der Waals surface area contributed by atoms with Crippen molar-refractivity contribution in [2.24, 2.45) is 5.92 Å². The Morgan fingerprint density at radius 1 is 1.02 bits per heavy atom. The molecule has 0 aliphatic carbocycles. The maximum Gasteiger partial charge on any atom is 0.417 e. The first-order chi connectivity index (χ1) is 21.0. The van der Waals surface area contributed by atoms with Gasteiger partial charge in [-0.15, -0.1) is 0 Å². The molecular weight excluding hydrogens is 589 g/mol. The fraction of sp³-hybridized carbons (Fsp3) is 0.300. The first kappa shape index (κ1) is 30.6. The van der Waals surface area contributed by atoms with Crippen molar-refractivity contribution in [3.8, 4) is 39.8 Å². The van der Waals surface area contributed by atoms with Crippen LogP contribution in [0.5, 0.6) is 5.75 Å². The molecule has 0 spiro atoms. The number of imidazole rings is 1. The Hall–Kier alpha value is -4.88. The third-order valence-corrected chi connectivity index (χ3v) is 6.37. The molecule has 0 saturated heterocycles. The van der Waals surface area contributed by atoms with Gasteiger partial charge in [-0.1, -0.05) is 32.0 Å². The minimum atomic E-state index is -4.74. The molecule has 0 fully saturated rings. The van der Waals surface area contributed by atoms with E-state index in [1.807, 2.05) is 20.8 Å². The number of hydrogen-bond donors (Lipinski definition) is 0. The highest BCUT2D eigenvalue weighted by Gasteiger charge is 2.36. The molecule has 0 radical (unpaired) electrons. The number of hydrogen-bond acceptors (Lipinski definition) is 8. The van der Waals surface area contributed by atoms with Gasteiger partial charge in [0.15, 0.2) is 23.2 Å². The van der Waals surface area contributed by atoms with Gasteiger partial charge in [0, 0.05) is 11.6 Å². The van der Waals surface area contributed by atoms with Gasteiger partial charge in [-0.2, -0.15) is 18.3 Å². The number of ether oxygens (including phenoxy) is 2. The van der Waals surface area contributed by atoms with Gasteiger partial charge >= 0.3 is 12.1 Å². The zero-order valence-electron chi connectivity index (χ0n) is 23.7. The summed E-state index contributed by atoms with van der Waals surface area (Å²) in [5.41, 5.74) is -1.26. The second-order valence-electron chi connectivity index (χ2n) is 10.3. The smallest absolute Gasteiger partial charge is 0.417 e. The van der Waals surface area contributed by atoms with Crippen LogP contribution in [0.3, 0.4) is 0 Å². The van der Waals surface area contributed by atoms with Gasteiger partial charge < -0.3 is 14.0 Å². The molecule has 3 heterocycles. The summed E-state index contributed by atoms with van der Waals surface area (Å²) >= 11 is 0. The number of esters is 1. The second-order valence-corrected chi connectivity index (χ2v) is 10.3. The summed E-state index contributed by atoms with van der Waals surface area (Å²) in [7, 11) is 0. The monoisotopic (exact) mass is 615 g/mol. The number of aromatic nitrogens is 5. The fourth-order valence-corrected chi connectivity index (χ4v) is 4.29. The van der Waals surface area contributed by atoms with Crippen molar-refractivity contribution in [3.05, 3.63) is 77.8 Å². The lowest BCUT2D eigenvalue weighted by molar-refractivity contribution is -0.148. The van der Waals surface area contributed by atoms with E-state index in [4.69, 9.17) is 14.0 Å². The van der Waals surface area contributed by atoms with Crippen LogP contribution in [-0.2, 0) is 15.7 Å². The molecule has 1 aromatic heterocycles. The van der Waals surface area contributed by atoms with Crippen LogP contribution in [0.15, 0.2) is 59.4 Å². The number of rotatable bonds is 10. The quantitative estimate of drug-likeness (QED) is 0.123. The minimum Gasteiger partial charge on any atom is -0.494 e. The van der Waals surface area contributed by atoms with Crippen LogP contribution in [0.25, 0.3) is 34.0 Å². The van der Waals surface area contributed by atoms with E-state index >= 15 is 0 Å². The van der Waals surface area contributed by atoms with Crippen molar-refractivity contribution in [2.75, 3.05) is 13.2 Å². The Morgan fingerprint density at radius 2 is 1.80 bits per heavy atom. The first-order valence-electron chi connectivity index (χ1n) is 13.6. The molecule has 1 unspecified atom stereocenters. The molecule has 2 aliphatic heterocycles. The maximum atomic E-state index is 14.4. The SMILES string of the molecule is CCCOc1ccc(-c2cc(C(C(=O)OCC(C)C)n3cc4nc(-c5cccc(F)c5F)nc-4cn3)on2)c(C(F)(F)F)c1. The maximum absolute atomic E-state index is 14.4. The normalized spacial score (nSPS) is 12.6. The molecule has 0 bridgehead atoms. The van der Waals surface area contributed by atoms with Gasteiger partial charge in [0.1, 0.15) is 22.8 Å². The topological polar surface area (TPSA) is 105 Å². The largest absolute Gasteiger partial charge is 0.494 e. The number of nitrogens with zero attached hydrogens (tertiary/aromatic N) is 5. The highest BCUT2D eigenvalue weighted by Crippen LogP contribution is 2.40. The molecular formula is C30H26F5N5O4. The van der Waals surface area contributed by atoms with Crippen molar-refractivity contribution in [2.45, 2.75) is 39.4 Å². The summed E-state index contributed by atoms with van der Waals surface area (Å²) in [6, 6.07) is 6.84. The van der Waals surface area contributed by atoms with E-state index in [1.54, 1.807) is 0 Å². The predicted octanol–water partition coefficient (Wildman–Crippen LogP) is 6.97. The number of carbonyl (C=O) groups excluding carboxylic acids is 1. The number of halogens is 5. The van der Waals surface area contributed by atoms with Crippen LogP contribution in [0.1, 0.15) is 44.6 Å². The number of carbonyl (C=O) groups is 1. The average Bonchev–Trinajstić information content (AvgIpc) is 3.63. The lowest BCUT2D eigenvalue weighted by atomic mass is 10.0. The van der Waals surface area contributed by atoms with Crippen LogP contribution >= 0.6 is 0 Å². The standard InChI is InChI=1S/C30H26F5N5O4/c1-4-10-42-17-8-9-18(20(11-17)30(33,34)35)22-12-25(44-39-22)27(29(41)43-15-16(2)3)40-14-24-23(13-36-40)37-28(38-24)19-6-5-7-21(31)26(19)32/h5-9,11-14,16,27H,4,10,15H2,1-3H3. The molecule has 44 heavy (non-hydrogen) atoms. The summed E-state index contributed by atoms with van der Waals surface area (Å²) in [6.45, 7) is 5.76. The van der Waals surface area contributed by atoms with E-state index in [9.17, 15) is 26.7 Å². The predicted molar refractivity (Wildman–Crippen MR) is 146 cm³/mol. The zero-order valence-corrected chi connectivity index (χ0v) is 23.7. The van der Waals surface area contributed by atoms with Crippen molar-refractivity contribution in [3.63, 3.8) is 0 Å². The van der Waals surface area contributed by atoms with Crippen LogP contribution in [0, 0.1) is 17.6 Å². The van der Waals surface area contributed by atoms with E-state index in [0.29, 0.717) is 6.42 Å². The number of fused-ring (bicyclic) bond motifs is 1. The van der Waals surface area contributed by atoms with E-state index in [-0.39, 0.29) is 64.7 Å². The summed E-state index contributed by atoms with van der Waals surface area (Å²) in [5.74, 6) is -3.29. The molecule has 1 atom stereocenters. The minimum absolute atomic E-state index is 0.0298. The Morgan fingerprint density at radius 3 is 2.52 bits per heavy atom. The van der Waals surface area contributed by atoms with Crippen LogP contribution < -0.4 is 4.74 Å². The first-order valence-corrected chi connectivity index (χ1v) is 13.6. The lowest BCUT2D eigenvalue weighted by Crippen LogP contribution is -2.26. The molecule has 3 aromatic rings. The molecule has 0 amide bonds. The molecule has 0 N–H and O–H groups in total. The molecule has 230 valence electrons. The Balaban J connectivity index is 1.55. The van der Waals surface area contributed by atoms with Crippen molar-refractivity contribution >= 4 is 5.97 Å². The van der Waals surface area contributed by atoms with Gasteiger partial charge in [-0.25, -0.2) is 28.2 Å². The average molecular weight is 616 g/mol. The van der Waals surface area contributed by atoms with Crippen molar-refractivity contribution < 1.29 is 40.7 Å². The number of alkyl halides is 3. The second kappa shape index (κ2) is 12.4. The van der Waals surface area contributed by atoms with E-state index in [1.165, 1.54) is 42.7 Å². The Kier molecular flexibility index (Phi) is 8.61. The molecule has 0 saturated carbocycles. The van der Waals surface area contributed by atoms with Crippen LogP contribution in [-0.4, -0.2) is 44.1 Å². The fourth-order valence-electron chi connectivity index (χ4n) is 4.29. The van der Waals surface area contributed by atoms with Gasteiger partial charge in [0.2, 0.25) is 6.04 Å². The van der Waals surface area contributed by atoms with Crippen molar-refractivity contribution in [1.29, 1.82) is 0 Å². The number of benzene rings is 2.